The topological polar surface area (TPSA) is 97.2 Å². The van der Waals surface area contributed by atoms with Gasteiger partial charge < -0.3 is 10.1 Å². The van der Waals surface area contributed by atoms with E-state index < -0.39 is 0 Å². The van der Waals surface area contributed by atoms with Crippen molar-refractivity contribution in [1.29, 1.82) is 0 Å². The summed E-state index contributed by atoms with van der Waals surface area (Å²) in [6, 6.07) is 14.7. The summed E-state index contributed by atoms with van der Waals surface area (Å²) in [5.74, 6) is 2.03. The summed E-state index contributed by atoms with van der Waals surface area (Å²) in [5, 5.41) is 18.7. The van der Waals surface area contributed by atoms with Gasteiger partial charge in [0.15, 0.2) is 11.5 Å². The van der Waals surface area contributed by atoms with E-state index in [1.54, 1.807) is 24.9 Å². The minimum atomic E-state index is -0.277. The maximum Gasteiger partial charge on any atom is 0.269 e. The fourth-order valence-electron chi connectivity index (χ4n) is 3.27. The van der Waals surface area contributed by atoms with Gasteiger partial charge in [-0.25, -0.2) is 0 Å². The van der Waals surface area contributed by atoms with Gasteiger partial charge in [-0.3, -0.25) is 14.3 Å². The van der Waals surface area contributed by atoms with Crippen molar-refractivity contribution in [2.24, 2.45) is 0 Å². The van der Waals surface area contributed by atoms with Crippen LogP contribution >= 0.6 is 11.8 Å². The highest BCUT2D eigenvalue weighted by molar-refractivity contribution is 7.98. The minimum Gasteiger partial charge on any atom is -0.496 e. The van der Waals surface area contributed by atoms with Crippen molar-refractivity contribution in [3.8, 4) is 17.0 Å². The Morgan fingerprint density at radius 3 is 2.90 bits per heavy atom. The van der Waals surface area contributed by atoms with Gasteiger partial charge in [0, 0.05) is 11.8 Å². The van der Waals surface area contributed by atoms with Gasteiger partial charge >= 0.3 is 0 Å². The molecule has 0 radical (unpaired) electrons. The van der Waals surface area contributed by atoms with Crippen LogP contribution in [-0.4, -0.2) is 49.8 Å². The van der Waals surface area contributed by atoms with Crippen LogP contribution < -0.4 is 10.1 Å². The van der Waals surface area contributed by atoms with Crippen molar-refractivity contribution in [2.75, 3.05) is 19.1 Å². The Bertz CT molecular complexity index is 1160. The zero-order valence-electron chi connectivity index (χ0n) is 16.7. The second-order valence-corrected chi connectivity index (χ2v) is 7.65. The number of benzene rings is 1. The molecule has 4 rings (SSSR count). The molecule has 4 aromatic rings. The first-order valence-electron chi connectivity index (χ1n) is 9.49. The van der Waals surface area contributed by atoms with Crippen molar-refractivity contribution in [3.63, 3.8) is 0 Å². The number of ether oxygens (including phenoxy) is 1. The summed E-state index contributed by atoms with van der Waals surface area (Å²) in [7, 11) is 1.61. The highest BCUT2D eigenvalue weighted by Crippen LogP contribution is 2.28. The number of carbonyl (C=O) groups is 1. The van der Waals surface area contributed by atoms with Gasteiger partial charge in [-0.05, 0) is 48.8 Å². The largest absolute Gasteiger partial charge is 0.496 e. The lowest BCUT2D eigenvalue weighted by molar-refractivity contribution is 0.0928. The number of aromatic nitrogens is 5. The molecule has 0 bridgehead atoms. The number of fused-ring (bicyclic) bond motifs is 1. The minimum absolute atomic E-state index is 0.248. The number of rotatable bonds is 8. The van der Waals surface area contributed by atoms with Gasteiger partial charge in [-0.1, -0.05) is 18.2 Å². The number of methoxy groups -OCH3 is 1. The molecule has 2 N–H and O–H groups in total. The Hall–Kier alpha value is -3.33. The summed E-state index contributed by atoms with van der Waals surface area (Å²) < 4.78 is 7.29. The fourth-order valence-corrected chi connectivity index (χ4v) is 3.74. The number of carbonyl (C=O) groups excluding carboxylic acids is 1. The van der Waals surface area contributed by atoms with E-state index in [0.717, 1.165) is 23.4 Å². The van der Waals surface area contributed by atoms with Crippen LogP contribution in [-0.2, 0) is 0 Å². The first kappa shape index (κ1) is 20.0. The van der Waals surface area contributed by atoms with Crippen LogP contribution in [0.25, 0.3) is 16.9 Å². The summed E-state index contributed by atoms with van der Waals surface area (Å²) >= 11 is 1.72. The summed E-state index contributed by atoms with van der Waals surface area (Å²) in [6.45, 7) is 0. The van der Waals surface area contributed by atoms with Crippen molar-refractivity contribution in [3.05, 3.63) is 66.2 Å². The average Bonchev–Trinajstić information content (AvgIpc) is 3.44. The molecule has 1 unspecified atom stereocenters. The smallest absolute Gasteiger partial charge is 0.269 e. The molecule has 1 atom stereocenters. The third kappa shape index (κ3) is 4.02. The average molecular weight is 423 g/mol. The Morgan fingerprint density at radius 1 is 1.23 bits per heavy atom. The number of thioether (sulfide) groups is 1. The molecule has 3 heterocycles. The zero-order chi connectivity index (χ0) is 20.9. The predicted molar refractivity (Wildman–Crippen MR) is 117 cm³/mol. The Morgan fingerprint density at radius 2 is 2.07 bits per heavy atom. The molecule has 0 aliphatic carbocycles. The molecule has 1 aromatic carbocycles. The number of pyridine rings is 1. The highest BCUT2D eigenvalue weighted by Gasteiger charge is 2.22. The van der Waals surface area contributed by atoms with Crippen molar-refractivity contribution < 1.29 is 9.53 Å². The number of aromatic amines is 1. The van der Waals surface area contributed by atoms with E-state index in [9.17, 15) is 4.79 Å². The Balaban J connectivity index is 1.58. The van der Waals surface area contributed by atoms with Gasteiger partial charge in [-0.2, -0.15) is 16.9 Å². The van der Waals surface area contributed by atoms with Crippen LogP contribution in [0.4, 0.5) is 0 Å². The zero-order valence-corrected chi connectivity index (χ0v) is 17.5. The molecule has 0 saturated heterocycles. The maximum atomic E-state index is 13.0. The number of para-hydroxylation sites is 1. The van der Waals surface area contributed by atoms with Gasteiger partial charge in [0.25, 0.3) is 5.91 Å². The monoisotopic (exact) mass is 422 g/mol. The number of nitrogens with zero attached hydrogens (tertiary/aromatic N) is 4. The maximum absolute atomic E-state index is 13.0. The molecule has 0 spiro atoms. The molecule has 0 aliphatic rings. The van der Waals surface area contributed by atoms with E-state index >= 15 is 0 Å². The second-order valence-electron chi connectivity index (χ2n) is 6.66. The van der Waals surface area contributed by atoms with E-state index in [2.05, 4.69) is 25.7 Å². The quantitative estimate of drug-likeness (QED) is 0.452. The molecule has 0 fully saturated rings. The Kier molecular flexibility index (Phi) is 5.99. The molecule has 3 aromatic heterocycles. The highest BCUT2D eigenvalue weighted by atomic mass is 32.2. The molecule has 30 heavy (non-hydrogen) atoms. The van der Waals surface area contributed by atoms with E-state index in [1.165, 1.54) is 0 Å². The molecule has 1 amide bonds. The molecule has 0 saturated carbocycles. The number of hydrogen-bond acceptors (Lipinski definition) is 6. The van der Waals surface area contributed by atoms with Gasteiger partial charge in [0.2, 0.25) is 0 Å². The van der Waals surface area contributed by atoms with E-state index in [4.69, 9.17) is 4.74 Å². The van der Waals surface area contributed by atoms with Gasteiger partial charge in [0.05, 0.1) is 18.8 Å². The van der Waals surface area contributed by atoms with Crippen LogP contribution in [0.2, 0.25) is 0 Å². The SMILES string of the molecule is COc1ccccc1-c1cc(C(=O)NC(CCSC)c2nnc3ccccn23)[nH]n1. The number of H-pyrrole nitrogens is 1. The molecular weight excluding hydrogens is 400 g/mol. The Labute approximate surface area is 178 Å². The van der Waals surface area contributed by atoms with Crippen molar-refractivity contribution in [2.45, 2.75) is 12.5 Å². The lowest BCUT2D eigenvalue weighted by Gasteiger charge is -2.16. The van der Waals surface area contributed by atoms with Crippen LogP contribution in [0.5, 0.6) is 5.75 Å². The van der Waals surface area contributed by atoms with Crippen LogP contribution in [0, 0.1) is 0 Å². The lowest BCUT2D eigenvalue weighted by Crippen LogP contribution is -2.30. The summed E-state index contributed by atoms with van der Waals surface area (Å²) in [6.07, 6.45) is 4.67. The number of amides is 1. The molecule has 154 valence electrons. The predicted octanol–water partition coefficient (Wildman–Crippen LogP) is 3.35. The summed E-state index contributed by atoms with van der Waals surface area (Å²) in [5.41, 5.74) is 2.58. The third-order valence-corrected chi connectivity index (χ3v) is 5.42. The number of hydrogen-bond donors (Lipinski definition) is 2. The van der Waals surface area contributed by atoms with E-state index in [0.29, 0.717) is 23.0 Å². The lowest BCUT2D eigenvalue weighted by atomic mass is 10.1. The van der Waals surface area contributed by atoms with E-state index in [-0.39, 0.29) is 11.9 Å². The van der Waals surface area contributed by atoms with Crippen LogP contribution in [0.15, 0.2) is 54.7 Å². The van der Waals surface area contributed by atoms with Gasteiger partial charge in [-0.15, -0.1) is 10.2 Å². The first-order chi connectivity index (χ1) is 14.7. The van der Waals surface area contributed by atoms with E-state index in [1.807, 2.05) is 59.3 Å². The first-order valence-corrected chi connectivity index (χ1v) is 10.9. The normalized spacial score (nSPS) is 12.1. The van der Waals surface area contributed by atoms with Gasteiger partial charge in [0.1, 0.15) is 11.4 Å². The number of nitrogens with one attached hydrogen (secondary N) is 2. The molecular formula is C21H22N6O2S. The molecule has 8 nitrogen and oxygen atoms in total. The molecule has 0 aliphatic heterocycles. The van der Waals surface area contributed by atoms with Crippen molar-refractivity contribution >= 4 is 23.3 Å². The van der Waals surface area contributed by atoms with Crippen molar-refractivity contribution in [1.82, 2.24) is 30.1 Å². The fraction of sp³-hybridized carbons (Fsp3) is 0.238. The standard InChI is InChI=1S/C21H22N6O2S/c1-29-18-8-4-3-7-14(18)16-13-17(24-23-16)21(28)22-15(10-12-30-2)20-26-25-19-9-5-6-11-27(19)20/h3-9,11,13,15H,10,12H2,1-2H3,(H,22,28)(H,23,24). The third-order valence-electron chi connectivity index (χ3n) is 4.77. The molecule has 9 heteroatoms. The van der Waals surface area contributed by atoms with Crippen LogP contribution in [0.3, 0.4) is 0 Å². The second kappa shape index (κ2) is 9.00. The summed E-state index contributed by atoms with van der Waals surface area (Å²) in [4.78, 5) is 13.0. The van der Waals surface area contributed by atoms with Crippen LogP contribution in [0.1, 0.15) is 28.8 Å².